The van der Waals surface area contributed by atoms with Crippen molar-refractivity contribution in [3.63, 3.8) is 0 Å². The lowest BCUT2D eigenvalue weighted by Crippen LogP contribution is -2.35. The van der Waals surface area contributed by atoms with Crippen molar-refractivity contribution >= 4 is 17.4 Å². The van der Waals surface area contributed by atoms with Crippen LogP contribution in [0.15, 0.2) is 48.5 Å². The van der Waals surface area contributed by atoms with E-state index < -0.39 is 0 Å². The Labute approximate surface area is 148 Å². The molecule has 0 aromatic heterocycles. The van der Waals surface area contributed by atoms with Crippen molar-refractivity contribution in [2.45, 2.75) is 26.4 Å². The molecular formula is C20H24N2O3. The Balaban J connectivity index is 2.01. The van der Waals surface area contributed by atoms with Gasteiger partial charge in [0.05, 0.1) is 13.2 Å². The quantitative estimate of drug-likeness (QED) is 0.785. The smallest absolute Gasteiger partial charge is 0.221 e. The number of rotatable bonds is 7. The molecule has 0 fully saturated rings. The summed E-state index contributed by atoms with van der Waals surface area (Å²) >= 11 is 0. The fraction of sp³-hybridized carbons (Fsp3) is 0.300. The van der Waals surface area contributed by atoms with E-state index >= 15 is 0 Å². The van der Waals surface area contributed by atoms with Gasteiger partial charge in [-0.25, -0.2) is 0 Å². The zero-order valence-corrected chi connectivity index (χ0v) is 15.1. The minimum Gasteiger partial charge on any atom is -0.497 e. The highest BCUT2D eigenvalue weighted by atomic mass is 16.5. The number of carbonyl (C=O) groups excluding carboxylic acids is 2. The lowest BCUT2D eigenvalue weighted by atomic mass is 10.0. The standard InChI is InChI=1S/C20H24N2O3/c1-14(22(3)13-16-5-11-19(25-4)12-6-16)20(24)17-7-9-18(10-8-17)21-15(2)23/h5-12,14H,13H2,1-4H3,(H,21,23). The molecular weight excluding hydrogens is 316 g/mol. The Morgan fingerprint density at radius 3 is 2.20 bits per heavy atom. The summed E-state index contributed by atoms with van der Waals surface area (Å²) in [6.45, 7) is 4.02. The highest BCUT2D eigenvalue weighted by Gasteiger charge is 2.19. The normalized spacial score (nSPS) is 11.9. The van der Waals surface area contributed by atoms with E-state index in [2.05, 4.69) is 5.32 Å². The molecule has 1 N–H and O–H groups in total. The van der Waals surface area contributed by atoms with Gasteiger partial charge in [-0.15, -0.1) is 0 Å². The molecule has 2 rings (SSSR count). The van der Waals surface area contributed by atoms with Crippen molar-refractivity contribution in [3.8, 4) is 5.75 Å². The van der Waals surface area contributed by atoms with Crippen molar-refractivity contribution in [1.82, 2.24) is 4.90 Å². The van der Waals surface area contributed by atoms with E-state index in [0.717, 1.165) is 11.3 Å². The summed E-state index contributed by atoms with van der Waals surface area (Å²) in [5.74, 6) is 0.729. The molecule has 25 heavy (non-hydrogen) atoms. The first-order chi connectivity index (χ1) is 11.9. The molecule has 1 unspecified atom stereocenters. The number of hydrogen-bond donors (Lipinski definition) is 1. The van der Waals surface area contributed by atoms with E-state index in [9.17, 15) is 9.59 Å². The van der Waals surface area contributed by atoms with E-state index in [4.69, 9.17) is 4.74 Å². The van der Waals surface area contributed by atoms with Crippen LogP contribution >= 0.6 is 0 Å². The van der Waals surface area contributed by atoms with Crippen molar-refractivity contribution in [2.75, 3.05) is 19.5 Å². The maximum Gasteiger partial charge on any atom is 0.221 e. The van der Waals surface area contributed by atoms with E-state index in [1.807, 2.05) is 43.1 Å². The van der Waals surface area contributed by atoms with Crippen LogP contribution in [0.1, 0.15) is 29.8 Å². The van der Waals surface area contributed by atoms with Crippen molar-refractivity contribution in [2.24, 2.45) is 0 Å². The first-order valence-electron chi connectivity index (χ1n) is 8.15. The van der Waals surface area contributed by atoms with E-state index in [-0.39, 0.29) is 17.7 Å². The molecule has 5 nitrogen and oxygen atoms in total. The number of amides is 1. The summed E-state index contributed by atoms with van der Waals surface area (Å²) < 4.78 is 5.16. The fourth-order valence-corrected chi connectivity index (χ4v) is 2.52. The summed E-state index contributed by atoms with van der Waals surface area (Å²) in [6, 6.07) is 14.5. The van der Waals surface area contributed by atoms with Gasteiger partial charge in [0.2, 0.25) is 5.91 Å². The van der Waals surface area contributed by atoms with Gasteiger partial charge in [-0.1, -0.05) is 12.1 Å². The van der Waals surface area contributed by atoms with Crippen LogP contribution in [0.4, 0.5) is 5.69 Å². The predicted octanol–water partition coefficient (Wildman–Crippen LogP) is 3.36. The van der Waals surface area contributed by atoms with Gasteiger partial charge in [-0.05, 0) is 55.9 Å². The zero-order valence-electron chi connectivity index (χ0n) is 15.1. The molecule has 0 aliphatic carbocycles. The van der Waals surface area contributed by atoms with Crippen LogP contribution in [0.25, 0.3) is 0 Å². The van der Waals surface area contributed by atoms with E-state index in [1.165, 1.54) is 6.92 Å². The van der Waals surface area contributed by atoms with Gasteiger partial charge in [0, 0.05) is 24.7 Å². The lowest BCUT2D eigenvalue weighted by Gasteiger charge is -2.24. The number of ketones is 1. The summed E-state index contributed by atoms with van der Waals surface area (Å²) in [7, 11) is 3.57. The topological polar surface area (TPSA) is 58.6 Å². The zero-order chi connectivity index (χ0) is 18.4. The number of benzene rings is 2. The van der Waals surface area contributed by atoms with Crippen LogP contribution < -0.4 is 10.1 Å². The summed E-state index contributed by atoms with van der Waals surface area (Å²) in [6.07, 6.45) is 0. The average Bonchev–Trinajstić information content (AvgIpc) is 2.61. The molecule has 1 amide bonds. The van der Waals surface area contributed by atoms with Gasteiger partial charge in [0.15, 0.2) is 5.78 Å². The Morgan fingerprint density at radius 1 is 1.08 bits per heavy atom. The number of ether oxygens (including phenoxy) is 1. The van der Waals surface area contributed by atoms with Crippen molar-refractivity contribution in [1.29, 1.82) is 0 Å². The van der Waals surface area contributed by atoms with Gasteiger partial charge in [0.1, 0.15) is 5.75 Å². The first-order valence-corrected chi connectivity index (χ1v) is 8.15. The molecule has 2 aromatic rings. The molecule has 0 heterocycles. The van der Waals surface area contributed by atoms with Crippen LogP contribution in [0.3, 0.4) is 0 Å². The number of likely N-dealkylation sites (N-methyl/N-ethyl adjacent to an activating group) is 1. The monoisotopic (exact) mass is 340 g/mol. The number of methoxy groups -OCH3 is 1. The number of carbonyl (C=O) groups is 2. The Morgan fingerprint density at radius 2 is 1.68 bits per heavy atom. The van der Waals surface area contributed by atoms with E-state index in [1.54, 1.807) is 31.4 Å². The highest BCUT2D eigenvalue weighted by molar-refractivity contribution is 6.00. The largest absolute Gasteiger partial charge is 0.497 e. The van der Waals surface area contributed by atoms with Crippen LogP contribution in [0.5, 0.6) is 5.75 Å². The predicted molar refractivity (Wildman–Crippen MR) is 99.0 cm³/mol. The van der Waals surface area contributed by atoms with E-state index in [0.29, 0.717) is 17.8 Å². The van der Waals surface area contributed by atoms with Crippen LogP contribution in [0, 0.1) is 0 Å². The Bertz CT molecular complexity index is 724. The molecule has 0 bridgehead atoms. The van der Waals surface area contributed by atoms with Gasteiger partial charge in [-0.2, -0.15) is 0 Å². The average molecular weight is 340 g/mol. The Kier molecular flexibility index (Phi) is 6.31. The third kappa shape index (κ3) is 5.16. The minimum absolute atomic E-state index is 0.0467. The molecule has 0 saturated carbocycles. The molecule has 0 spiro atoms. The third-order valence-electron chi connectivity index (χ3n) is 4.12. The second-order valence-corrected chi connectivity index (χ2v) is 6.06. The lowest BCUT2D eigenvalue weighted by molar-refractivity contribution is -0.114. The number of Topliss-reactive ketones (excluding diaryl/α,β-unsaturated/α-hetero) is 1. The second kappa shape index (κ2) is 8.44. The molecule has 0 aliphatic rings. The summed E-state index contributed by atoms with van der Waals surface area (Å²) in [5.41, 5.74) is 2.43. The molecule has 5 heteroatoms. The van der Waals surface area contributed by atoms with Crippen LogP contribution in [0.2, 0.25) is 0 Å². The number of nitrogens with one attached hydrogen (secondary N) is 1. The van der Waals surface area contributed by atoms with Gasteiger partial charge in [0.25, 0.3) is 0 Å². The maximum atomic E-state index is 12.7. The summed E-state index contributed by atoms with van der Waals surface area (Å²) in [5, 5.41) is 2.69. The second-order valence-electron chi connectivity index (χ2n) is 6.06. The number of hydrogen-bond acceptors (Lipinski definition) is 4. The van der Waals surface area contributed by atoms with Crippen molar-refractivity contribution < 1.29 is 14.3 Å². The van der Waals surface area contributed by atoms with Crippen LogP contribution in [-0.4, -0.2) is 36.8 Å². The molecule has 1 atom stereocenters. The van der Waals surface area contributed by atoms with Crippen LogP contribution in [-0.2, 0) is 11.3 Å². The summed E-state index contributed by atoms with van der Waals surface area (Å²) in [4.78, 5) is 25.7. The molecule has 2 aromatic carbocycles. The third-order valence-corrected chi connectivity index (χ3v) is 4.12. The fourth-order valence-electron chi connectivity index (χ4n) is 2.52. The number of nitrogens with zero attached hydrogens (tertiary/aromatic N) is 1. The minimum atomic E-state index is -0.256. The maximum absolute atomic E-state index is 12.7. The van der Waals surface area contributed by atoms with Crippen molar-refractivity contribution in [3.05, 3.63) is 59.7 Å². The highest BCUT2D eigenvalue weighted by Crippen LogP contribution is 2.16. The number of anilines is 1. The van der Waals surface area contributed by atoms with Gasteiger partial charge < -0.3 is 10.1 Å². The molecule has 132 valence electrons. The molecule has 0 aliphatic heterocycles. The molecule has 0 saturated heterocycles. The SMILES string of the molecule is COc1ccc(CN(C)C(C)C(=O)c2ccc(NC(C)=O)cc2)cc1. The van der Waals surface area contributed by atoms with Gasteiger partial charge >= 0.3 is 0 Å². The Hall–Kier alpha value is -2.66. The first kappa shape index (κ1) is 18.7. The van der Waals surface area contributed by atoms with Gasteiger partial charge in [-0.3, -0.25) is 14.5 Å². The molecule has 0 radical (unpaired) electrons.